The Morgan fingerprint density at radius 2 is 1.79 bits per heavy atom. The van der Waals surface area contributed by atoms with Gasteiger partial charge in [-0.1, -0.05) is 64.5 Å². The van der Waals surface area contributed by atoms with Crippen molar-refractivity contribution in [1.82, 2.24) is 9.99 Å². The van der Waals surface area contributed by atoms with Crippen LogP contribution in [0, 0.1) is 0 Å². The molecule has 1 aliphatic heterocycles. The van der Waals surface area contributed by atoms with E-state index in [1.807, 2.05) is 72.8 Å². The van der Waals surface area contributed by atoms with Crippen LogP contribution in [0.3, 0.4) is 0 Å². The molecule has 34 heavy (non-hydrogen) atoms. The van der Waals surface area contributed by atoms with Crippen molar-refractivity contribution in [2.45, 2.75) is 19.4 Å². The number of fused-ring (bicyclic) bond motifs is 1. The molecule has 5 rings (SSSR count). The van der Waals surface area contributed by atoms with E-state index in [2.05, 4.69) is 26.0 Å². The maximum absolute atomic E-state index is 13.5. The van der Waals surface area contributed by atoms with Crippen molar-refractivity contribution < 1.29 is 9.53 Å². The molecule has 3 aromatic carbocycles. The number of carbonyl (C=O) groups is 1. The first-order valence-corrected chi connectivity index (χ1v) is 11.7. The van der Waals surface area contributed by atoms with Crippen LogP contribution in [0.4, 0.5) is 0 Å². The number of halogens is 1. The largest absolute Gasteiger partial charge is 0.496 e. The van der Waals surface area contributed by atoms with Gasteiger partial charge in [0.1, 0.15) is 5.75 Å². The third-order valence-electron chi connectivity index (χ3n) is 6.06. The molecule has 1 amide bonds. The van der Waals surface area contributed by atoms with Crippen LogP contribution in [0.15, 0.2) is 87.2 Å². The predicted octanol–water partition coefficient (Wildman–Crippen LogP) is 5.66. The average Bonchev–Trinajstić information content (AvgIpc) is 3.29. The lowest BCUT2D eigenvalue weighted by Crippen LogP contribution is -2.24. The molecule has 1 atom stereocenters. The molecule has 1 aliphatic rings. The van der Waals surface area contributed by atoms with Crippen LogP contribution in [0.2, 0.25) is 0 Å². The normalized spacial score (nSPS) is 15.4. The number of carbonyl (C=O) groups excluding carboxylic acids is 1. The minimum atomic E-state index is -0.370. The molecule has 0 saturated heterocycles. The summed E-state index contributed by atoms with van der Waals surface area (Å²) < 4.78 is 6.46. The van der Waals surface area contributed by atoms with Crippen LogP contribution in [0.25, 0.3) is 22.0 Å². The van der Waals surface area contributed by atoms with Gasteiger partial charge < -0.3 is 9.72 Å². The van der Waals surface area contributed by atoms with Crippen LogP contribution in [-0.2, 0) is 4.79 Å². The average molecular weight is 516 g/mol. The smallest absolute Gasteiger partial charge is 0.258 e. The zero-order chi connectivity index (χ0) is 23.8. The number of benzene rings is 3. The molecule has 0 unspecified atom stereocenters. The van der Waals surface area contributed by atoms with Gasteiger partial charge in [-0.3, -0.25) is 9.59 Å². The Labute approximate surface area is 205 Å². The first-order valence-electron chi connectivity index (χ1n) is 10.9. The molecule has 4 aromatic rings. The summed E-state index contributed by atoms with van der Waals surface area (Å²) in [6.45, 7) is 1.48. The highest BCUT2D eigenvalue weighted by molar-refractivity contribution is 9.10. The summed E-state index contributed by atoms with van der Waals surface area (Å²) >= 11 is 3.56. The molecule has 7 heteroatoms. The number of hydrogen-bond acceptors (Lipinski definition) is 4. The first kappa shape index (κ1) is 22.1. The summed E-state index contributed by atoms with van der Waals surface area (Å²) in [6.07, 6.45) is 0.391. The van der Waals surface area contributed by atoms with Crippen molar-refractivity contribution in [3.63, 3.8) is 0 Å². The molecular formula is C27H22BrN3O3. The second kappa shape index (κ2) is 8.91. The number of H-pyrrole nitrogens is 1. The molecule has 1 N–H and O–H groups in total. The topological polar surface area (TPSA) is 74.8 Å². The Balaban J connectivity index is 1.75. The van der Waals surface area contributed by atoms with Gasteiger partial charge in [0.05, 0.1) is 24.4 Å². The lowest BCUT2D eigenvalue weighted by molar-refractivity contribution is -0.130. The van der Waals surface area contributed by atoms with Crippen molar-refractivity contribution in [3.05, 3.63) is 98.7 Å². The van der Waals surface area contributed by atoms with Crippen molar-refractivity contribution in [3.8, 4) is 16.9 Å². The van der Waals surface area contributed by atoms with Gasteiger partial charge in [-0.05, 0) is 29.8 Å². The van der Waals surface area contributed by atoms with E-state index in [4.69, 9.17) is 4.74 Å². The van der Waals surface area contributed by atoms with Crippen molar-refractivity contribution in [2.75, 3.05) is 7.11 Å². The van der Waals surface area contributed by atoms with Crippen LogP contribution >= 0.6 is 15.9 Å². The highest BCUT2D eigenvalue weighted by atomic mass is 79.9. The minimum absolute atomic E-state index is 0.202. The summed E-state index contributed by atoms with van der Waals surface area (Å²) in [5, 5.41) is 7.03. The first-order chi connectivity index (χ1) is 16.5. The van der Waals surface area contributed by atoms with E-state index >= 15 is 0 Å². The Bertz CT molecular complexity index is 1490. The van der Waals surface area contributed by atoms with E-state index in [1.54, 1.807) is 7.11 Å². The molecular weight excluding hydrogens is 494 g/mol. The summed E-state index contributed by atoms with van der Waals surface area (Å²) in [5.74, 6) is 0.474. The third-order valence-corrected chi connectivity index (χ3v) is 6.55. The quantitative estimate of drug-likeness (QED) is 0.380. The highest BCUT2D eigenvalue weighted by Gasteiger charge is 2.35. The van der Waals surface area contributed by atoms with Crippen molar-refractivity contribution >= 4 is 38.5 Å². The molecule has 1 aromatic heterocycles. The maximum Gasteiger partial charge on any atom is 0.258 e. The molecule has 0 spiro atoms. The summed E-state index contributed by atoms with van der Waals surface area (Å²) in [7, 11) is 1.60. The number of aromatic amines is 1. The number of para-hydroxylation sites is 1. The van der Waals surface area contributed by atoms with E-state index in [1.165, 1.54) is 11.9 Å². The van der Waals surface area contributed by atoms with E-state index in [9.17, 15) is 9.59 Å². The van der Waals surface area contributed by atoms with Crippen LogP contribution in [0.5, 0.6) is 5.75 Å². The number of hydrogen-bond donors (Lipinski definition) is 1. The predicted molar refractivity (Wildman–Crippen MR) is 137 cm³/mol. The number of amides is 1. The van der Waals surface area contributed by atoms with Crippen LogP contribution < -0.4 is 10.3 Å². The Kier molecular flexibility index (Phi) is 5.79. The fourth-order valence-electron chi connectivity index (χ4n) is 4.58. The van der Waals surface area contributed by atoms with Gasteiger partial charge in [-0.2, -0.15) is 5.10 Å². The molecule has 2 heterocycles. The van der Waals surface area contributed by atoms with Crippen LogP contribution in [0.1, 0.15) is 30.5 Å². The third kappa shape index (κ3) is 3.82. The standard InChI is InChI=1S/C27H22BrN3O3/c1-16(32)31-23(19-10-6-7-11-24(19)34-2)15-22(30-31)26-25(17-8-4-3-5-9-17)20-14-18(28)12-13-21(20)29-27(26)33/h3-14,23H,15H2,1-2H3,(H,29,33)/t23-/m1/s1. The van der Waals surface area contributed by atoms with Gasteiger partial charge in [0.15, 0.2) is 0 Å². The van der Waals surface area contributed by atoms with Gasteiger partial charge >= 0.3 is 0 Å². The lowest BCUT2D eigenvalue weighted by atomic mass is 9.91. The molecule has 0 saturated carbocycles. The monoisotopic (exact) mass is 515 g/mol. The lowest BCUT2D eigenvalue weighted by Gasteiger charge is -2.22. The number of aromatic nitrogens is 1. The zero-order valence-corrected chi connectivity index (χ0v) is 20.3. The molecule has 170 valence electrons. The van der Waals surface area contributed by atoms with Gasteiger partial charge in [-0.15, -0.1) is 0 Å². The number of ether oxygens (including phenoxy) is 1. The van der Waals surface area contributed by atoms with Gasteiger partial charge in [0, 0.05) is 39.8 Å². The summed E-state index contributed by atoms with van der Waals surface area (Å²) in [6, 6.07) is 22.8. The van der Waals surface area contributed by atoms with Gasteiger partial charge in [0.25, 0.3) is 5.56 Å². The van der Waals surface area contributed by atoms with Gasteiger partial charge in [-0.25, -0.2) is 5.01 Å². The molecule has 0 radical (unpaired) electrons. The minimum Gasteiger partial charge on any atom is -0.496 e. The fraction of sp³-hybridized carbons (Fsp3) is 0.148. The number of pyridine rings is 1. The van der Waals surface area contributed by atoms with Crippen molar-refractivity contribution in [2.24, 2.45) is 5.10 Å². The molecule has 0 bridgehead atoms. The number of nitrogens with zero attached hydrogens (tertiary/aromatic N) is 2. The Morgan fingerprint density at radius 1 is 1.06 bits per heavy atom. The van der Waals surface area contributed by atoms with E-state index in [-0.39, 0.29) is 17.5 Å². The van der Waals surface area contributed by atoms with Gasteiger partial charge in [0.2, 0.25) is 5.91 Å². The zero-order valence-electron chi connectivity index (χ0n) is 18.7. The number of rotatable bonds is 4. The SMILES string of the molecule is COc1ccccc1[C@H]1CC(c2c(-c3ccccc3)c3cc(Br)ccc3[nH]c2=O)=NN1C(C)=O. The Morgan fingerprint density at radius 3 is 2.53 bits per heavy atom. The second-order valence-corrected chi connectivity index (χ2v) is 9.05. The summed E-state index contributed by atoms with van der Waals surface area (Å²) in [4.78, 5) is 29.1. The Hall–Kier alpha value is -3.71. The van der Waals surface area contributed by atoms with E-state index < -0.39 is 0 Å². The number of nitrogens with one attached hydrogen (secondary N) is 1. The second-order valence-electron chi connectivity index (χ2n) is 8.13. The maximum atomic E-state index is 13.5. The molecule has 6 nitrogen and oxygen atoms in total. The highest BCUT2D eigenvalue weighted by Crippen LogP contribution is 2.39. The van der Waals surface area contributed by atoms with Crippen LogP contribution in [-0.4, -0.2) is 28.7 Å². The molecule has 0 fully saturated rings. The summed E-state index contributed by atoms with van der Waals surface area (Å²) in [5.41, 5.74) is 4.08. The fourth-order valence-corrected chi connectivity index (χ4v) is 4.94. The van der Waals surface area contributed by atoms with E-state index in [0.717, 1.165) is 32.1 Å². The van der Waals surface area contributed by atoms with E-state index in [0.29, 0.717) is 23.4 Å². The molecule has 0 aliphatic carbocycles. The number of hydrazone groups is 1. The number of methoxy groups -OCH3 is 1. The van der Waals surface area contributed by atoms with Crippen molar-refractivity contribution in [1.29, 1.82) is 0 Å².